The molecule has 0 unspecified atom stereocenters. The summed E-state index contributed by atoms with van der Waals surface area (Å²) in [6.45, 7) is 2.08. The van der Waals surface area contributed by atoms with Crippen LogP contribution in [0, 0.1) is 6.92 Å². The highest BCUT2D eigenvalue weighted by Crippen LogP contribution is 2.40. The number of anilines is 1. The van der Waals surface area contributed by atoms with Gasteiger partial charge in [0.25, 0.3) is 0 Å². The summed E-state index contributed by atoms with van der Waals surface area (Å²) in [7, 11) is 0. The Hall–Kier alpha value is -3.35. The largest absolute Gasteiger partial charge is 0.369 e. The molecule has 148 valence electrons. The van der Waals surface area contributed by atoms with Crippen molar-refractivity contribution in [2.45, 2.75) is 44.7 Å². The maximum Gasteiger partial charge on any atom is 0.220 e. The number of fused-ring (bicyclic) bond motifs is 1. The molecule has 0 saturated heterocycles. The van der Waals surface area contributed by atoms with E-state index in [1.807, 2.05) is 18.2 Å². The van der Waals surface area contributed by atoms with Gasteiger partial charge < -0.3 is 16.5 Å². The predicted octanol–water partition coefficient (Wildman–Crippen LogP) is 3.65. The van der Waals surface area contributed by atoms with Crippen molar-refractivity contribution in [3.8, 4) is 11.4 Å². The smallest absolute Gasteiger partial charge is 0.220 e. The Morgan fingerprint density at radius 3 is 2.69 bits per heavy atom. The van der Waals surface area contributed by atoms with E-state index < -0.39 is 5.66 Å². The van der Waals surface area contributed by atoms with Gasteiger partial charge in [-0.1, -0.05) is 24.6 Å². The van der Waals surface area contributed by atoms with Gasteiger partial charge in [0.1, 0.15) is 11.5 Å². The van der Waals surface area contributed by atoms with E-state index in [1.54, 1.807) is 0 Å². The second-order valence-electron chi connectivity index (χ2n) is 7.97. The van der Waals surface area contributed by atoms with Crippen LogP contribution in [0.3, 0.4) is 0 Å². The molecule has 5 rings (SSSR count). The van der Waals surface area contributed by atoms with E-state index in [4.69, 9.17) is 21.4 Å². The van der Waals surface area contributed by atoms with Gasteiger partial charge in [-0.15, -0.1) is 0 Å². The van der Waals surface area contributed by atoms with Crippen LogP contribution in [0.2, 0.25) is 0 Å². The SMILES string of the molecule is Cc1ccc2nc(-c3cccc(N4C(N)=NC(N)=NC45CCCCC5)c3)[nH]c2c1. The molecular formula is C22H25N7. The highest BCUT2D eigenvalue weighted by Gasteiger charge is 2.42. The zero-order chi connectivity index (χ0) is 20.0. The van der Waals surface area contributed by atoms with Crippen LogP contribution in [0.4, 0.5) is 5.69 Å². The number of hydrogen-bond acceptors (Lipinski definition) is 6. The van der Waals surface area contributed by atoms with E-state index in [-0.39, 0.29) is 5.96 Å². The second-order valence-corrected chi connectivity index (χ2v) is 7.97. The van der Waals surface area contributed by atoms with Gasteiger partial charge in [-0.3, -0.25) is 4.90 Å². The number of rotatable bonds is 2. The summed E-state index contributed by atoms with van der Waals surface area (Å²) in [6, 6.07) is 14.4. The number of hydrogen-bond donors (Lipinski definition) is 3. The van der Waals surface area contributed by atoms with Crippen molar-refractivity contribution in [1.82, 2.24) is 9.97 Å². The van der Waals surface area contributed by atoms with E-state index >= 15 is 0 Å². The highest BCUT2D eigenvalue weighted by atomic mass is 15.4. The number of nitrogens with one attached hydrogen (secondary N) is 1. The monoisotopic (exact) mass is 387 g/mol. The number of aromatic nitrogens is 2. The zero-order valence-corrected chi connectivity index (χ0v) is 16.5. The standard InChI is InChI=1S/C22H25N7/c1-14-8-9-17-18(12-14)26-19(25-17)15-6-5-7-16(13-15)29-21(24)27-20(23)28-22(29)10-3-2-4-11-22/h5-9,12-13H,2-4,10-11H2,1H3,(H,25,26)(H4,23,24,27,28). The van der Waals surface area contributed by atoms with Crippen molar-refractivity contribution in [2.75, 3.05) is 4.90 Å². The molecule has 2 aliphatic rings. The number of H-pyrrole nitrogens is 1. The van der Waals surface area contributed by atoms with Gasteiger partial charge in [0.2, 0.25) is 11.9 Å². The molecule has 0 atom stereocenters. The Kier molecular flexibility index (Phi) is 4.04. The Morgan fingerprint density at radius 2 is 1.86 bits per heavy atom. The van der Waals surface area contributed by atoms with Gasteiger partial charge in [0.05, 0.1) is 11.0 Å². The number of imidazole rings is 1. The molecule has 1 fully saturated rings. The molecule has 2 aromatic carbocycles. The third-order valence-electron chi connectivity index (χ3n) is 5.87. The average Bonchev–Trinajstić information content (AvgIpc) is 3.11. The molecular weight excluding hydrogens is 362 g/mol. The van der Waals surface area contributed by atoms with Crippen LogP contribution >= 0.6 is 0 Å². The van der Waals surface area contributed by atoms with Crippen LogP contribution in [0.25, 0.3) is 22.4 Å². The molecule has 1 aliphatic carbocycles. The molecule has 1 spiro atoms. The highest BCUT2D eigenvalue weighted by molar-refractivity contribution is 6.05. The Morgan fingerprint density at radius 1 is 1.03 bits per heavy atom. The number of nitrogens with two attached hydrogens (primary N) is 2. The van der Waals surface area contributed by atoms with E-state index in [2.05, 4.69) is 46.1 Å². The van der Waals surface area contributed by atoms with E-state index in [0.717, 1.165) is 53.8 Å². The fraction of sp³-hybridized carbons (Fsp3) is 0.318. The lowest BCUT2D eigenvalue weighted by atomic mass is 9.87. The molecule has 0 amide bonds. The molecule has 2 heterocycles. The minimum absolute atomic E-state index is 0.268. The molecule has 29 heavy (non-hydrogen) atoms. The predicted molar refractivity (Wildman–Crippen MR) is 118 cm³/mol. The number of aromatic amines is 1. The molecule has 7 heteroatoms. The fourth-order valence-corrected chi connectivity index (χ4v) is 4.55. The average molecular weight is 387 g/mol. The van der Waals surface area contributed by atoms with Crippen LogP contribution in [0.15, 0.2) is 52.4 Å². The lowest BCUT2D eigenvalue weighted by Crippen LogP contribution is -2.58. The normalized spacial score (nSPS) is 18.7. The third kappa shape index (κ3) is 3.03. The van der Waals surface area contributed by atoms with Crippen molar-refractivity contribution in [3.63, 3.8) is 0 Å². The van der Waals surface area contributed by atoms with Gasteiger partial charge in [-0.05, 0) is 62.4 Å². The molecule has 1 aromatic heterocycles. The minimum Gasteiger partial charge on any atom is -0.369 e. The first-order chi connectivity index (χ1) is 14.0. The maximum absolute atomic E-state index is 6.37. The van der Waals surface area contributed by atoms with Crippen molar-refractivity contribution in [3.05, 3.63) is 48.0 Å². The Balaban J connectivity index is 1.58. The molecule has 3 aromatic rings. The molecule has 5 N–H and O–H groups in total. The van der Waals surface area contributed by atoms with Gasteiger partial charge in [0.15, 0.2) is 0 Å². The summed E-state index contributed by atoms with van der Waals surface area (Å²) in [5, 5.41) is 0. The van der Waals surface area contributed by atoms with Crippen LogP contribution in [0.5, 0.6) is 0 Å². The lowest BCUT2D eigenvalue weighted by Gasteiger charge is -2.45. The number of aliphatic imine (C=N–C) groups is 2. The maximum atomic E-state index is 6.37. The number of nitrogens with zero attached hydrogens (tertiary/aromatic N) is 4. The van der Waals surface area contributed by atoms with Crippen LogP contribution in [0.1, 0.15) is 37.7 Å². The summed E-state index contributed by atoms with van der Waals surface area (Å²) in [5.74, 6) is 1.50. The van der Waals surface area contributed by atoms with Gasteiger partial charge >= 0.3 is 0 Å². The van der Waals surface area contributed by atoms with Crippen LogP contribution in [-0.2, 0) is 0 Å². The molecule has 1 aliphatic heterocycles. The fourth-order valence-electron chi connectivity index (χ4n) is 4.55. The van der Waals surface area contributed by atoms with Crippen molar-refractivity contribution in [2.24, 2.45) is 21.5 Å². The molecule has 0 radical (unpaired) electrons. The van der Waals surface area contributed by atoms with Crippen molar-refractivity contribution < 1.29 is 0 Å². The Bertz CT molecular complexity index is 1140. The summed E-state index contributed by atoms with van der Waals surface area (Å²) < 4.78 is 0. The summed E-state index contributed by atoms with van der Waals surface area (Å²) in [5.41, 5.74) is 17.1. The van der Waals surface area contributed by atoms with Gasteiger partial charge in [-0.2, -0.15) is 4.99 Å². The quantitative estimate of drug-likeness (QED) is 0.623. The van der Waals surface area contributed by atoms with E-state index in [0.29, 0.717) is 5.96 Å². The van der Waals surface area contributed by atoms with Crippen molar-refractivity contribution >= 4 is 28.6 Å². The zero-order valence-electron chi connectivity index (χ0n) is 16.5. The van der Waals surface area contributed by atoms with Crippen LogP contribution in [-0.4, -0.2) is 27.5 Å². The minimum atomic E-state index is -0.447. The van der Waals surface area contributed by atoms with E-state index in [9.17, 15) is 0 Å². The van der Waals surface area contributed by atoms with E-state index in [1.165, 1.54) is 12.0 Å². The molecule has 0 bridgehead atoms. The number of guanidine groups is 2. The van der Waals surface area contributed by atoms with Gasteiger partial charge in [0, 0.05) is 11.3 Å². The Labute approximate surface area is 169 Å². The first-order valence-corrected chi connectivity index (χ1v) is 10.1. The summed E-state index contributed by atoms with van der Waals surface area (Å²) in [4.78, 5) is 19.3. The number of aryl methyl sites for hydroxylation is 1. The number of benzene rings is 2. The summed E-state index contributed by atoms with van der Waals surface area (Å²) in [6.07, 6.45) is 5.24. The topological polar surface area (TPSA) is 109 Å². The third-order valence-corrected chi connectivity index (χ3v) is 5.87. The summed E-state index contributed by atoms with van der Waals surface area (Å²) >= 11 is 0. The molecule has 1 saturated carbocycles. The first-order valence-electron chi connectivity index (χ1n) is 10.1. The van der Waals surface area contributed by atoms with Gasteiger partial charge in [-0.25, -0.2) is 9.98 Å². The lowest BCUT2D eigenvalue weighted by molar-refractivity contribution is 0.305. The van der Waals surface area contributed by atoms with Crippen LogP contribution < -0.4 is 16.4 Å². The van der Waals surface area contributed by atoms with Crippen molar-refractivity contribution in [1.29, 1.82) is 0 Å². The second kappa shape index (κ2) is 6.62. The molecule has 7 nitrogen and oxygen atoms in total. The first kappa shape index (κ1) is 17.7.